The summed E-state index contributed by atoms with van der Waals surface area (Å²) in [7, 11) is 2.20. The van der Waals surface area contributed by atoms with E-state index in [1.165, 1.54) is 19.3 Å². The van der Waals surface area contributed by atoms with Gasteiger partial charge in [0.05, 0.1) is 0 Å². The van der Waals surface area contributed by atoms with E-state index in [2.05, 4.69) is 28.7 Å². The molecule has 140 valence electrons. The topological polar surface area (TPSA) is 36.0 Å². The highest BCUT2D eigenvalue weighted by atomic mass is 16.6. The van der Waals surface area contributed by atoms with Crippen LogP contribution in [0.2, 0.25) is 0 Å². The summed E-state index contributed by atoms with van der Waals surface area (Å²) in [5, 5.41) is 0. The molecular formula is C19H37N3O2. The molecular weight excluding hydrogens is 302 g/mol. The van der Waals surface area contributed by atoms with Crippen molar-refractivity contribution in [1.82, 2.24) is 14.7 Å². The monoisotopic (exact) mass is 339 g/mol. The number of likely N-dealkylation sites (tertiary alicyclic amines) is 1. The third-order valence-electron chi connectivity index (χ3n) is 5.24. The molecule has 0 amide bonds. The first-order valence-electron chi connectivity index (χ1n) is 9.69. The second-order valence-corrected chi connectivity index (χ2v) is 8.44. The number of hydrogen-bond donors (Lipinski definition) is 0. The fourth-order valence-corrected chi connectivity index (χ4v) is 3.86. The van der Waals surface area contributed by atoms with Crippen LogP contribution in [0.5, 0.6) is 0 Å². The van der Waals surface area contributed by atoms with E-state index in [0.717, 1.165) is 45.7 Å². The summed E-state index contributed by atoms with van der Waals surface area (Å²) >= 11 is 0. The molecule has 0 bridgehead atoms. The molecule has 2 aliphatic rings. The molecule has 0 aromatic heterocycles. The van der Waals surface area contributed by atoms with Gasteiger partial charge in [0.25, 0.3) is 0 Å². The van der Waals surface area contributed by atoms with Crippen molar-refractivity contribution in [1.29, 1.82) is 0 Å². The van der Waals surface area contributed by atoms with Gasteiger partial charge in [0.2, 0.25) is 0 Å². The number of rotatable bonds is 4. The Balaban J connectivity index is 2.00. The first-order valence-corrected chi connectivity index (χ1v) is 9.69. The largest absolute Gasteiger partial charge is 0.459 e. The standard InChI is InChI=1S/C19H37N3O2/c1-6-17(18(23)24-19(2,3)4)22-10-8-7-9-16(15-22)21-13-11-20(5)12-14-21/h16-17H,6-15H2,1-5H3/t16-,17-/m1/s1. The lowest BCUT2D eigenvalue weighted by Gasteiger charge is -2.40. The van der Waals surface area contributed by atoms with Crippen molar-refractivity contribution < 1.29 is 9.53 Å². The summed E-state index contributed by atoms with van der Waals surface area (Å²) in [4.78, 5) is 20.1. The number of nitrogens with zero attached hydrogens (tertiary/aromatic N) is 3. The van der Waals surface area contributed by atoms with Gasteiger partial charge in [-0.2, -0.15) is 0 Å². The van der Waals surface area contributed by atoms with Crippen LogP contribution < -0.4 is 0 Å². The number of likely N-dealkylation sites (N-methyl/N-ethyl adjacent to an activating group) is 1. The molecule has 2 heterocycles. The molecule has 2 atom stereocenters. The Morgan fingerprint density at radius 2 is 1.79 bits per heavy atom. The average molecular weight is 340 g/mol. The second-order valence-electron chi connectivity index (χ2n) is 8.44. The van der Waals surface area contributed by atoms with Crippen molar-refractivity contribution in [3.8, 4) is 0 Å². The predicted octanol–water partition coefficient (Wildman–Crippen LogP) is 2.21. The summed E-state index contributed by atoms with van der Waals surface area (Å²) in [6, 6.07) is 0.481. The minimum atomic E-state index is -0.410. The minimum Gasteiger partial charge on any atom is -0.459 e. The smallest absolute Gasteiger partial charge is 0.323 e. The van der Waals surface area contributed by atoms with Crippen LogP contribution in [-0.2, 0) is 9.53 Å². The van der Waals surface area contributed by atoms with E-state index in [-0.39, 0.29) is 12.0 Å². The van der Waals surface area contributed by atoms with Gasteiger partial charge in [0.15, 0.2) is 0 Å². The van der Waals surface area contributed by atoms with Crippen molar-refractivity contribution in [3.05, 3.63) is 0 Å². The van der Waals surface area contributed by atoms with E-state index in [1.54, 1.807) is 0 Å². The van der Waals surface area contributed by atoms with Gasteiger partial charge in [0.1, 0.15) is 11.6 Å². The highest BCUT2D eigenvalue weighted by molar-refractivity contribution is 5.76. The van der Waals surface area contributed by atoms with Crippen LogP contribution in [0.25, 0.3) is 0 Å². The van der Waals surface area contributed by atoms with Gasteiger partial charge in [-0.25, -0.2) is 0 Å². The molecule has 0 aromatic rings. The molecule has 24 heavy (non-hydrogen) atoms. The van der Waals surface area contributed by atoms with Crippen molar-refractivity contribution >= 4 is 5.97 Å². The second kappa shape index (κ2) is 8.63. The van der Waals surface area contributed by atoms with Crippen molar-refractivity contribution in [2.75, 3.05) is 46.3 Å². The van der Waals surface area contributed by atoms with E-state index < -0.39 is 5.60 Å². The van der Waals surface area contributed by atoms with Crippen LogP contribution in [-0.4, -0.2) is 84.7 Å². The zero-order chi connectivity index (χ0) is 17.7. The molecule has 5 heteroatoms. The van der Waals surface area contributed by atoms with Gasteiger partial charge >= 0.3 is 5.97 Å². The third kappa shape index (κ3) is 5.71. The Morgan fingerprint density at radius 1 is 1.12 bits per heavy atom. The van der Waals surface area contributed by atoms with E-state index >= 15 is 0 Å². The lowest BCUT2D eigenvalue weighted by molar-refractivity contribution is -0.161. The fourth-order valence-electron chi connectivity index (χ4n) is 3.86. The van der Waals surface area contributed by atoms with Crippen LogP contribution in [0.1, 0.15) is 53.4 Å². The lowest BCUT2D eigenvalue weighted by Crippen LogP contribution is -2.54. The highest BCUT2D eigenvalue weighted by Gasteiger charge is 2.33. The van der Waals surface area contributed by atoms with E-state index in [1.807, 2.05) is 20.8 Å². The highest BCUT2D eigenvalue weighted by Crippen LogP contribution is 2.22. The molecule has 2 aliphatic heterocycles. The molecule has 5 nitrogen and oxygen atoms in total. The van der Waals surface area contributed by atoms with Crippen LogP contribution >= 0.6 is 0 Å². The van der Waals surface area contributed by atoms with Crippen LogP contribution in [0.4, 0.5) is 0 Å². The summed E-state index contributed by atoms with van der Waals surface area (Å²) in [5.74, 6) is -0.0518. The first-order chi connectivity index (χ1) is 11.3. The average Bonchev–Trinajstić information content (AvgIpc) is 2.73. The van der Waals surface area contributed by atoms with Crippen LogP contribution in [0.15, 0.2) is 0 Å². The van der Waals surface area contributed by atoms with Gasteiger partial charge < -0.3 is 9.64 Å². The van der Waals surface area contributed by atoms with Crippen LogP contribution in [0, 0.1) is 0 Å². The van der Waals surface area contributed by atoms with Gasteiger partial charge in [-0.1, -0.05) is 13.3 Å². The zero-order valence-corrected chi connectivity index (χ0v) is 16.4. The summed E-state index contributed by atoms with van der Waals surface area (Å²) in [6.45, 7) is 14.6. The summed E-state index contributed by atoms with van der Waals surface area (Å²) in [6.07, 6.45) is 4.52. The molecule has 0 aromatic carbocycles. The lowest BCUT2D eigenvalue weighted by atomic mass is 10.1. The number of ether oxygens (including phenoxy) is 1. The zero-order valence-electron chi connectivity index (χ0n) is 16.4. The molecule has 2 fully saturated rings. The Morgan fingerprint density at radius 3 is 2.38 bits per heavy atom. The number of esters is 1. The maximum absolute atomic E-state index is 12.6. The summed E-state index contributed by atoms with van der Waals surface area (Å²) in [5.41, 5.74) is -0.410. The normalized spacial score (nSPS) is 26.8. The molecule has 2 saturated heterocycles. The molecule has 0 saturated carbocycles. The Hall–Kier alpha value is -0.650. The van der Waals surface area contributed by atoms with E-state index in [0.29, 0.717) is 6.04 Å². The fraction of sp³-hybridized carbons (Fsp3) is 0.947. The predicted molar refractivity (Wildman–Crippen MR) is 98.2 cm³/mol. The van der Waals surface area contributed by atoms with Crippen molar-refractivity contribution in [2.45, 2.75) is 71.1 Å². The molecule has 0 aliphatic carbocycles. The number of carbonyl (C=O) groups is 1. The van der Waals surface area contributed by atoms with Gasteiger partial charge in [-0.15, -0.1) is 0 Å². The number of piperazine rings is 1. The van der Waals surface area contributed by atoms with Gasteiger partial charge in [-0.05, 0) is 53.6 Å². The maximum Gasteiger partial charge on any atom is 0.323 e. The molecule has 0 spiro atoms. The SMILES string of the molecule is CC[C@H](C(=O)OC(C)(C)C)N1CCCC[C@@H](N2CCN(C)CC2)C1. The van der Waals surface area contributed by atoms with E-state index in [4.69, 9.17) is 4.74 Å². The minimum absolute atomic E-state index is 0.0518. The van der Waals surface area contributed by atoms with Crippen molar-refractivity contribution in [3.63, 3.8) is 0 Å². The quantitative estimate of drug-likeness (QED) is 0.734. The summed E-state index contributed by atoms with van der Waals surface area (Å²) < 4.78 is 5.68. The van der Waals surface area contributed by atoms with Gasteiger partial charge in [-0.3, -0.25) is 14.6 Å². The molecule has 2 rings (SSSR count). The van der Waals surface area contributed by atoms with E-state index in [9.17, 15) is 4.79 Å². The first kappa shape index (κ1) is 19.7. The van der Waals surface area contributed by atoms with Crippen molar-refractivity contribution in [2.24, 2.45) is 0 Å². The van der Waals surface area contributed by atoms with Gasteiger partial charge in [0, 0.05) is 38.8 Å². The Labute approximate surface area is 148 Å². The molecule has 0 unspecified atom stereocenters. The molecule has 0 N–H and O–H groups in total. The third-order valence-corrected chi connectivity index (χ3v) is 5.24. The van der Waals surface area contributed by atoms with Crippen LogP contribution in [0.3, 0.4) is 0 Å². The Kier molecular flexibility index (Phi) is 7.08. The number of hydrogen-bond acceptors (Lipinski definition) is 5. The maximum atomic E-state index is 12.6. The Bertz CT molecular complexity index is 400. The molecule has 0 radical (unpaired) electrons. The number of carbonyl (C=O) groups excluding carboxylic acids is 1.